The van der Waals surface area contributed by atoms with Crippen molar-refractivity contribution in [2.75, 3.05) is 11.9 Å². The number of aromatic nitrogens is 2. The molecule has 0 aliphatic carbocycles. The fourth-order valence-electron chi connectivity index (χ4n) is 3.90. The quantitative estimate of drug-likeness (QED) is 0.596. The molecule has 2 aromatic heterocycles. The van der Waals surface area contributed by atoms with Gasteiger partial charge < -0.3 is 20.1 Å². The first-order valence-corrected chi connectivity index (χ1v) is 10.4. The molecule has 7 heteroatoms. The van der Waals surface area contributed by atoms with E-state index in [-0.39, 0.29) is 18.0 Å². The van der Waals surface area contributed by atoms with Crippen molar-refractivity contribution in [1.29, 1.82) is 0 Å². The number of thiocarbonyl (C=S) groups is 1. The highest BCUT2D eigenvalue weighted by Gasteiger charge is 2.40. The van der Waals surface area contributed by atoms with Gasteiger partial charge in [-0.1, -0.05) is 24.3 Å². The smallest absolute Gasteiger partial charge is 0.226 e. The van der Waals surface area contributed by atoms with E-state index >= 15 is 0 Å². The molecule has 1 saturated heterocycles. The summed E-state index contributed by atoms with van der Waals surface area (Å²) >= 11 is 5.66. The maximum absolute atomic E-state index is 12.6. The van der Waals surface area contributed by atoms with Crippen molar-refractivity contribution in [3.8, 4) is 0 Å². The normalized spacial score (nSPS) is 18.3. The van der Waals surface area contributed by atoms with Crippen LogP contribution in [0.15, 0.2) is 67.0 Å². The summed E-state index contributed by atoms with van der Waals surface area (Å²) in [7, 11) is 2.02. The minimum absolute atomic E-state index is 0.0287. The molecule has 0 radical (unpaired) electrons. The number of nitrogens with zero attached hydrogens (tertiary/aromatic N) is 3. The Labute approximate surface area is 181 Å². The molecule has 0 saturated carbocycles. The summed E-state index contributed by atoms with van der Waals surface area (Å²) in [5.74, 6) is -0.0287. The molecule has 2 N–H and O–H groups in total. The third-order valence-corrected chi connectivity index (χ3v) is 5.84. The first-order valence-electron chi connectivity index (χ1n) is 9.99. The van der Waals surface area contributed by atoms with E-state index in [1.165, 1.54) is 0 Å². The lowest BCUT2D eigenvalue weighted by Gasteiger charge is -2.28. The standard InChI is InChI=1S/C23H25N5OS/c1-16-8-3-4-9-17(16)25-20(29)12-15-28-22(19-11-7-14-27(19)2)21(26-23(28)30)18-10-5-6-13-24-18/h3-11,13-14,21-22H,12,15H2,1-2H3,(H,25,29)(H,26,30). The van der Waals surface area contributed by atoms with Gasteiger partial charge in [0.15, 0.2) is 5.11 Å². The lowest BCUT2D eigenvalue weighted by molar-refractivity contribution is -0.116. The second-order valence-corrected chi connectivity index (χ2v) is 7.86. The van der Waals surface area contributed by atoms with E-state index in [4.69, 9.17) is 12.2 Å². The number of para-hydroxylation sites is 1. The Morgan fingerprint density at radius 3 is 2.67 bits per heavy atom. The van der Waals surface area contributed by atoms with Crippen LogP contribution in [-0.4, -0.2) is 32.0 Å². The Balaban J connectivity index is 1.53. The third kappa shape index (κ3) is 4.07. The monoisotopic (exact) mass is 419 g/mol. The fourth-order valence-corrected chi connectivity index (χ4v) is 4.23. The highest BCUT2D eigenvalue weighted by molar-refractivity contribution is 7.80. The maximum Gasteiger partial charge on any atom is 0.226 e. The molecule has 2 unspecified atom stereocenters. The van der Waals surface area contributed by atoms with E-state index in [0.717, 1.165) is 22.6 Å². The van der Waals surface area contributed by atoms with Gasteiger partial charge in [-0.2, -0.15) is 0 Å². The number of carbonyl (C=O) groups excluding carboxylic acids is 1. The minimum atomic E-state index is -0.0771. The first-order chi connectivity index (χ1) is 14.5. The predicted molar refractivity (Wildman–Crippen MR) is 122 cm³/mol. The van der Waals surface area contributed by atoms with Crippen LogP contribution in [0.1, 0.15) is 35.5 Å². The summed E-state index contributed by atoms with van der Waals surface area (Å²) < 4.78 is 2.09. The summed E-state index contributed by atoms with van der Waals surface area (Å²) in [5, 5.41) is 7.06. The third-order valence-electron chi connectivity index (χ3n) is 5.48. The fraction of sp³-hybridized carbons (Fsp3) is 0.261. The van der Waals surface area contributed by atoms with Crippen molar-refractivity contribution in [2.45, 2.75) is 25.4 Å². The summed E-state index contributed by atoms with van der Waals surface area (Å²) in [4.78, 5) is 19.3. The number of nitrogens with one attached hydrogen (secondary N) is 2. The Kier molecular flexibility index (Phi) is 5.81. The molecule has 1 aliphatic heterocycles. The van der Waals surface area contributed by atoms with Gasteiger partial charge in [-0.05, 0) is 55.0 Å². The van der Waals surface area contributed by atoms with Gasteiger partial charge in [0.1, 0.15) is 0 Å². The number of benzene rings is 1. The molecule has 4 rings (SSSR count). The van der Waals surface area contributed by atoms with Crippen LogP contribution in [0.2, 0.25) is 0 Å². The molecule has 30 heavy (non-hydrogen) atoms. The highest BCUT2D eigenvalue weighted by Crippen LogP contribution is 2.38. The lowest BCUT2D eigenvalue weighted by atomic mass is 10.0. The molecular weight excluding hydrogens is 394 g/mol. The predicted octanol–water partition coefficient (Wildman–Crippen LogP) is 3.73. The largest absolute Gasteiger partial charge is 0.353 e. The molecule has 6 nitrogen and oxygen atoms in total. The molecular formula is C23H25N5OS. The van der Waals surface area contributed by atoms with Gasteiger partial charge in [0.2, 0.25) is 5.91 Å². The van der Waals surface area contributed by atoms with Gasteiger partial charge in [0.25, 0.3) is 0 Å². The second-order valence-electron chi connectivity index (χ2n) is 7.48. The zero-order valence-corrected chi connectivity index (χ0v) is 17.9. The molecule has 1 fully saturated rings. The molecule has 3 heterocycles. The van der Waals surface area contributed by atoms with Gasteiger partial charge in [-0.3, -0.25) is 9.78 Å². The van der Waals surface area contributed by atoms with E-state index in [1.807, 2.05) is 68.7 Å². The van der Waals surface area contributed by atoms with E-state index in [9.17, 15) is 4.79 Å². The van der Waals surface area contributed by atoms with Crippen LogP contribution in [-0.2, 0) is 11.8 Å². The molecule has 1 aromatic carbocycles. The van der Waals surface area contributed by atoms with Crippen LogP contribution in [0.5, 0.6) is 0 Å². The van der Waals surface area contributed by atoms with Crippen LogP contribution < -0.4 is 10.6 Å². The van der Waals surface area contributed by atoms with Crippen LogP contribution in [0.3, 0.4) is 0 Å². The summed E-state index contributed by atoms with van der Waals surface area (Å²) in [6.07, 6.45) is 4.15. The van der Waals surface area contributed by atoms with Crippen molar-refractivity contribution in [1.82, 2.24) is 19.8 Å². The average molecular weight is 420 g/mol. The SMILES string of the molecule is Cc1ccccc1NC(=O)CCN1C(=S)NC(c2ccccn2)C1c1cccn1C. The van der Waals surface area contributed by atoms with Crippen LogP contribution in [0.4, 0.5) is 5.69 Å². The molecule has 3 aromatic rings. The molecule has 2 atom stereocenters. The van der Waals surface area contributed by atoms with Gasteiger partial charge in [-0.15, -0.1) is 0 Å². The molecule has 0 bridgehead atoms. The number of aryl methyl sites for hydroxylation is 2. The van der Waals surface area contributed by atoms with Crippen LogP contribution in [0.25, 0.3) is 0 Å². The number of rotatable bonds is 6. The first kappa shape index (κ1) is 20.1. The van der Waals surface area contributed by atoms with Crippen molar-refractivity contribution < 1.29 is 4.79 Å². The van der Waals surface area contributed by atoms with E-state index in [2.05, 4.69) is 31.2 Å². The minimum Gasteiger partial charge on any atom is -0.353 e. The van der Waals surface area contributed by atoms with Crippen molar-refractivity contribution in [2.24, 2.45) is 7.05 Å². The van der Waals surface area contributed by atoms with Gasteiger partial charge >= 0.3 is 0 Å². The summed E-state index contributed by atoms with van der Waals surface area (Å²) in [6, 6.07) is 17.7. The molecule has 0 spiro atoms. The second kappa shape index (κ2) is 8.67. The zero-order chi connectivity index (χ0) is 21.1. The number of hydrogen-bond acceptors (Lipinski definition) is 3. The number of hydrogen-bond donors (Lipinski definition) is 2. The summed E-state index contributed by atoms with van der Waals surface area (Å²) in [6.45, 7) is 2.50. The van der Waals surface area contributed by atoms with Gasteiger partial charge in [0.05, 0.1) is 17.8 Å². The Hall–Kier alpha value is -3.19. The number of pyridine rings is 1. The van der Waals surface area contributed by atoms with Crippen LogP contribution >= 0.6 is 12.2 Å². The topological polar surface area (TPSA) is 62.2 Å². The van der Waals surface area contributed by atoms with Gasteiger partial charge in [0, 0.05) is 43.8 Å². The number of amides is 1. The Morgan fingerprint density at radius 1 is 1.17 bits per heavy atom. The van der Waals surface area contributed by atoms with E-state index in [0.29, 0.717) is 18.1 Å². The van der Waals surface area contributed by atoms with Crippen molar-refractivity contribution in [3.05, 3.63) is 83.9 Å². The molecule has 1 amide bonds. The summed E-state index contributed by atoms with van der Waals surface area (Å²) in [5.41, 5.74) is 3.94. The lowest BCUT2D eigenvalue weighted by Crippen LogP contribution is -2.33. The van der Waals surface area contributed by atoms with E-state index < -0.39 is 0 Å². The average Bonchev–Trinajstić information content (AvgIpc) is 3.31. The Bertz CT molecular complexity index is 1050. The Morgan fingerprint density at radius 2 is 1.97 bits per heavy atom. The highest BCUT2D eigenvalue weighted by atomic mass is 32.1. The van der Waals surface area contributed by atoms with E-state index in [1.54, 1.807) is 6.20 Å². The zero-order valence-electron chi connectivity index (χ0n) is 17.1. The van der Waals surface area contributed by atoms with Crippen LogP contribution in [0, 0.1) is 6.92 Å². The van der Waals surface area contributed by atoms with Crippen molar-refractivity contribution in [3.63, 3.8) is 0 Å². The van der Waals surface area contributed by atoms with Crippen molar-refractivity contribution >= 4 is 28.9 Å². The number of anilines is 1. The van der Waals surface area contributed by atoms with Gasteiger partial charge in [-0.25, -0.2) is 0 Å². The maximum atomic E-state index is 12.6. The molecule has 154 valence electrons. The number of carbonyl (C=O) groups is 1. The molecule has 1 aliphatic rings.